The monoisotopic (exact) mass is 350 g/mol. The number of ketones is 1. The van der Waals surface area contributed by atoms with Gasteiger partial charge in [-0.3, -0.25) is 4.79 Å². The maximum absolute atomic E-state index is 13.3. The molecular weight excluding hydrogens is 340 g/mol. The van der Waals surface area contributed by atoms with Crippen LogP contribution in [-0.4, -0.2) is 5.78 Å². The van der Waals surface area contributed by atoms with E-state index in [4.69, 9.17) is 0 Å². The molecule has 2 aromatic carbocycles. The van der Waals surface area contributed by atoms with Crippen molar-refractivity contribution in [2.45, 2.75) is 6.18 Å². The van der Waals surface area contributed by atoms with Crippen LogP contribution in [0.15, 0.2) is 60.7 Å². The van der Waals surface area contributed by atoms with Gasteiger partial charge in [0, 0.05) is 11.1 Å². The Bertz CT molecular complexity index is 864. The SMILES string of the molecule is O=C(c1ccc(F)cc1)c1cc(-c2ccccc2)c(C(F)(F)F)s1. The molecule has 0 bridgehead atoms. The van der Waals surface area contributed by atoms with Gasteiger partial charge < -0.3 is 0 Å². The van der Waals surface area contributed by atoms with E-state index in [1.807, 2.05) is 0 Å². The number of carbonyl (C=O) groups is 1. The number of hydrogen-bond acceptors (Lipinski definition) is 2. The summed E-state index contributed by atoms with van der Waals surface area (Å²) in [7, 11) is 0. The maximum Gasteiger partial charge on any atom is 0.426 e. The van der Waals surface area contributed by atoms with Crippen LogP contribution in [0.1, 0.15) is 20.1 Å². The van der Waals surface area contributed by atoms with Crippen molar-refractivity contribution in [2.24, 2.45) is 0 Å². The molecule has 0 unspecified atom stereocenters. The molecule has 0 aliphatic heterocycles. The van der Waals surface area contributed by atoms with E-state index in [2.05, 4.69) is 0 Å². The lowest BCUT2D eigenvalue weighted by atomic mass is 10.0. The van der Waals surface area contributed by atoms with Crippen LogP contribution in [0.4, 0.5) is 17.6 Å². The van der Waals surface area contributed by atoms with Gasteiger partial charge in [0.1, 0.15) is 10.7 Å². The average Bonchev–Trinajstić information content (AvgIpc) is 3.01. The van der Waals surface area contributed by atoms with Crippen LogP contribution in [0, 0.1) is 5.82 Å². The summed E-state index contributed by atoms with van der Waals surface area (Å²) in [6.07, 6.45) is -4.56. The van der Waals surface area contributed by atoms with Crippen LogP contribution in [0.3, 0.4) is 0 Å². The fraction of sp³-hybridized carbons (Fsp3) is 0.0556. The Balaban J connectivity index is 2.09. The van der Waals surface area contributed by atoms with E-state index in [0.717, 1.165) is 12.1 Å². The van der Waals surface area contributed by atoms with Crippen LogP contribution in [0.2, 0.25) is 0 Å². The second kappa shape index (κ2) is 6.20. The van der Waals surface area contributed by atoms with Crippen molar-refractivity contribution in [1.82, 2.24) is 0 Å². The quantitative estimate of drug-likeness (QED) is 0.431. The van der Waals surface area contributed by atoms with Crippen LogP contribution >= 0.6 is 11.3 Å². The molecule has 1 nitrogen and oxygen atoms in total. The molecule has 122 valence electrons. The summed E-state index contributed by atoms with van der Waals surface area (Å²) in [5.74, 6) is -1.08. The number of carbonyl (C=O) groups excluding carboxylic acids is 1. The first kappa shape index (κ1) is 16.4. The molecule has 6 heteroatoms. The summed E-state index contributed by atoms with van der Waals surface area (Å²) in [4.78, 5) is 11.5. The van der Waals surface area contributed by atoms with Crippen LogP contribution < -0.4 is 0 Å². The molecule has 0 amide bonds. The first-order valence-electron chi connectivity index (χ1n) is 6.93. The van der Waals surface area contributed by atoms with Gasteiger partial charge in [0.2, 0.25) is 5.78 Å². The summed E-state index contributed by atoms with van der Waals surface area (Å²) in [6, 6.07) is 14.0. The number of hydrogen-bond donors (Lipinski definition) is 0. The van der Waals surface area contributed by atoms with E-state index in [-0.39, 0.29) is 16.0 Å². The van der Waals surface area contributed by atoms with Gasteiger partial charge in [-0.05, 0) is 35.9 Å². The normalized spacial score (nSPS) is 11.5. The zero-order chi connectivity index (χ0) is 17.3. The Morgan fingerprint density at radius 1 is 0.917 bits per heavy atom. The van der Waals surface area contributed by atoms with Crippen molar-refractivity contribution < 1.29 is 22.4 Å². The molecule has 0 radical (unpaired) electrons. The lowest BCUT2D eigenvalue weighted by molar-refractivity contribution is -0.133. The van der Waals surface area contributed by atoms with Gasteiger partial charge in [-0.15, -0.1) is 11.3 Å². The van der Waals surface area contributed by atoms with Gasteiger partial charge in [0.25, 0.3) is 0 Å². The zero-order valence-electron chi connectivity index (χ0n) is 12.1. The Kier molecular flexibility index (Phi) is 4.24. The van der Waals surface area contributed by atoms with Gasteiger partial charge in [-0.25, -0.2) is 4.39 Å². The Hall–Kier alpha value is -2.47. The molecule has 0 fully saturated rings. The summed E-state index contributed by atoms with van der Waals surface area (Å²) in [5, 5.41) is 0. The molecule has 1 aromatic heterocycles. The third-order valence-corrected chi connectivity index (χ3v) is 4.58. The van der Waals surface area contributed by atoms with Crippen LogP contribution in [0.5, 0.6) is 0 Å². The van der Waals surface area contributed by atoms with Crippen LogP contribution in [-0.2, 0) is 6.18 Å². The van der Waals surface area contributed by atoms with Gasteiger partial charge in [-0.1, -0.05) is 30.3 Å². The first-order chi connectivity index (χ1) is 11.4. The lowest BCUT2D eigenvalue weighted by Crippen LogP contribution is -2.03. The Labute approximate surface area is 139 Å². The number of thiophene rings is 1. The van der Waals surface area contributed by atoms with E-state index in [1.165, 1.54) is 18.2 Å². The van der Waals surface area contributed by atoms with Crippen molar-refractivity contribution in [3.05, 3.63) is 81.8 Å². The molecule has 0 spiro atoms. The zero-order valence-corrected chi connectivity index (χ0v) is 12.9. The molecule has 0 atom stereocenters. The summed E-state index contributed by atoms with van der Waals surface area (Å²) >= 11 is 0.400. The van der Waals surface area contributed by atoms with Crippen molar-refractivity contribution >= 4 is 17.1 Å². The Morgan fingerprint density at radius 2 is 1.54 bits per heavy atom. The third kappa shape index (κ3) is 3.23. The largest absolute Gasteiger partial charge is 0.426 e. The van der Waals surface area contributed by atoms with Crippen molar-refractivity contribution in [3.63, 3.8) is 0 Å². The number of alkyl halides is 3. The predicted octanol–water partition coefficient (Wildman–Crippen LogP) is 5.80. The summed E-state index contributed by atoms with van der Waals surface area (Å²) in [6.45, 7) is 0. The highest BCUT2D eigenvalue weighted by Crippen LogP contribution is 2.43. The number of rotatable bonds is 3. The summed E-state index contributed by atoms with van der Waals surface area (Å²) in [5.41, 5.74) is 0.503. The van der Waals surface area contributed by atoms with Gasteiger partial charge in [0.15, 0.2) is 0 Å². The highest BCUT2D eigenvalue weighted by molar-refractivity contribution is 7.14. The fourth-order valence-electron chi connectivity index (χ4n) is 2.29. The van der Waals surface area contributed by atoms with Gasteiger partial charge in [0.05, 0.1) is 4.88 Å². The smallest absolute Gasteiger partial charge is 0.288 e. The lowest BCUT2D eigenvalue weighted by Gasteiger charge is -2.07. The molecule has 3 rings (SSSR count). The van der Waals surface area contributed by atoms with E-state index in [1.54, 1.807) is 30.3 Å². The predicted molar refractivity (Wildman–Crippen MR) is 84.6 cm³/mol. The molecule has 0 saturated heterocycles. The van der Waals surface area contributed by atoms with Crippen molar-refractivity contribution in [3.8, 4) is 11.1 Å². The minimum absolute atomic E-state index is 0.0291. The maximum atomic E-state index is 13.3. The molecule has 3 aromatic rings. The van der Waals surface area contributed by atoms with Gasteiger partial charge >= 0.3 is 6.18 Å². The number of benzene rings is 2. The molecule has 0 aliphatic rings. The summed E-state index contributed by atoms with van der Waals surface area (Å²) < 4.78 is 52.9. The standard InChI is InChI=1S/C18H10F4OS/c19-13-8-6-12(7-9-13)16(23)15-10-14(11-4-2-1-3-5-11)17(24-15)18(20,21)22/h1-10H. The minimum atomic E-state index is -4.56. The first-order valence-corrected chi connectivity index (χ1v) is 7.74. The van der Waals surface area contributed by atoms with E-state index < -0.39 is 22.7 Å². The highest BCUT2D eigenvalue weighted by atomic mass is 32.1. The number of halogens is 4. The molecule has 0 N–H and O–H groups in total. The molecule has 1 heterocycles. The third-order valence-electron chi connectivity index (χ3n) is 3.40. The van der Waals surface area contributed by atoms with E-state index >= 15 is 0 Å². The molecule has 24 heavy (non-hydrogen) atoms. The van der Waals surface area contributed by atoms with E-state index in [0.29, 0.717) is 16.9 Å². The second-order valence-electron chi connectivity index (χ2n) is 5.05. The fourth-order valence-corrected chi connectivity index (χ4v) is 3.30. The van der Waals surface area contributed by atoms with Gasteiger partial charge in [-0.2, -0.15) is 13.2 Å². The second-order valence-corrected chi connectivity index (χ2v) is 6.11. The molecule has 0 aliphatic carbocycles. The highest BCUT2D eigenvalue weighted by Gasteiger charge is 2.37. The average molecular weight is 350 g/mol. The topological polar surface area (TPSA) is 17.1 Å². The molecule has 0 saturated carbocycles. The van der Waals surface area contributed by atoms with Crippen LogP contribution in [0.25, 0.3) is 11.1 Å². The minimum Gasteiger partial charge on any atom is -0.288 e. The molecular formula is C18H10F4OS. The van der Waals surface area contributed by atoms with E-state index in [9.17, 15) is 22.4 Å². The van der Waals surface area contributed by atoms with Crippen molar-refractivity contribution in [2.75, 3.05) is 0 Å². The Morgan fingerprint density at radius 3 is 2.12 bits per heavy atom. The van der Waals surface area contributed by atoms with Crippen molar-refractivity contribution in [1.29, 1.82) is 0 Å².